The molecule has 0 bridgehead atoms. The van der Waals surface area contributed by atoms with Crippen molar-refractivity contribution in [2.75, 3.05) is 12.8 Å². The van der Waals surface area contributed by atoms with Crippen molar-refractivity contribution in [3.63, 3.8) is 0 Å². The number of nitriles is 1. The molecule has 98 valence electrons. The van der Waals surface area contributed by atoms with E-state index in [9.17, 15) is 5.26 Å². The Morgan fingerprint density at radius 3 is 2.47 bits per heavy atom. The molecule has 0 atom stereocenters. The zero-order valence-corrected chi connectivity index (χ0v) is 11.6. The van der Waals surface area contributed by atoms with Crippen molar-refractivity contribution in [3.8, 4) is 22.9 Å². The number of anilines is 1. The van der Waals surface area contributed by atoms with Crippen molar-refractivity contribution in [2.24, 2.45) is 0 Å². The van der Waals surface area contributed by atoms with Gasteiger partial charge in [0.1, 0.15) is 23.2 Å². The second-order valence-electron chi connectivity index (χ2n) is 4.63. The van der Waals surface area contributed by atoms with Gasteiger partial charge in [0.2, 0.25) is 0 Å². The van der Waals surface area contributed by atoms with E-state index in [0.29, 0.717) is 11.4 Å². The molecule has 0 aliphatic carbocycles. The molecule has 0 amide bonds. The fourth-order valence-electron chi connectivity index (χ4n) is 2.42. The van der Waals surface area contributed by atoms with Gasteiger partial charge in [-0.25, -0.2) is 0 Å². The number of nitrogens with one attached hydrogen (secondary N) is 1. The van der Waals surface area contributed by atoms with Crippen LogP contribution in [0.15, 0.2) is 12.3 Å². The van der Waals surface area contributed by atoms with Gasteiger partial charge in [-0.1, -0.05) is 0 Å². The first-order chi connectivity index (χ1) is 9.01. The third kappa shape index (κ3) is 1.93. The van der Waals surface area contributed by atoms with Crippen LogP contribution in [0.5, 0.6) is 5.75 Å². The number of nitrogen functional groups attached to an aromatic ring is 1. The predicted molar refractivity (Wildman–Crippen MR) is 76.1 cm³/mol. The summed E-state index contributed by atoms with van der Waals surface area (Å²) in [6.07, 6.45) is 1.78. The summed E-state index contributed by atoms with van der Waals surface area (Å²) in [5.41, 5.74) is 11.3. The van der Waals surface area contributed by atoms with Gasteiger partial charge in [0.25, 0.3) is 0 Å². The molecule has 19 heavy (non-hydrogen) atoms. The van der Waals surface area contributed by atoms with Crippen molar-refractivity contribution in [2.45, 2.75) is 20.8 Å². The molecule has 4 nitrogen and oxygen atoms in total. The number of nitrogens with zero attached hydrogens (tertiary/aromatic N) is 1. The van der Waals surface area contributed by atoms with E-state index in [1.807, 2.05) is 26.8 Å². The average Bonchev–Trinajstić information content (AvgIpc) is 2.75. The maximum atomic E-state index is 9.21. The van der Waals surface area contributed by atoms with Crippen LogP contribution in [0.25, 0.3) is 11.1 Å². The van der Waals surface area contributed by atoms with Crippen LogP contribution in [0.3, 0.4) is 0 Å². The summed E-state index contributed by atoms with van der Waals surface area (Å²) in [7, 11) is 1.67. The summed E-state index contributed by atoms with van der Waals surface area (Å²) in [5, 5.41) is 9.21. The predicted octanol–water partition coefficient (Wildman–Crippen LogP) is 3.07. The highest BCUT2D eigenvalue weighted by atomic mass is 16.5. The van der Waals surface area contributed by atoms with E-state index in [1.54, 1.807) is 13.3 Å². The summed E-state index contributed by atoms with van der Waals surface area (Å²) in [6, 6.07) is 4.18. The first kappa shape index (κ1) is 13.0. The zero-order valence-electron chi connectivity index (χ0n) is 11.6. The van der Waals surface area contributed by atoms with Crippen LogP contribution < -0.4 is 10.5 Å². The second-order valence-corrected chi connectivity index (χ2v) is 4.63. The maximum Gasteiger partial charge on any atom is 0.124 e. The Bertz CT molecular complexity index is 678. The van der Waals surface area contributed by atoms with Crippen molar-refractivity contribution in [3.05, 3.63) is 34.5 Å². The smallest absolute Gasteiger partial charge is 0.124 e. The molecule has 0 spiro atoms. The third-order valence-corrected chi connectivity index (χ3v) is 3.54. The van der Waals surface area contributed by atoms with Crippen LogP contribution in [0, 0.1) is 32.1 Å². The van der Waals surface area contributed by atoms with Crippen molar-refractivity contribution in [1.82, 2.24) is 4.98 Å². The summed E-state index contributed by atoms with van der Waals surface area (Å²) in [4.78, 5) is 2.91. The summed E-state index contributed by atoms with van der Waals surface area (Å²) in [6.45, 7) is 6.04. The van der Waals surface area contributed by atoms with Gasteiger partial charge in [-0.2, -0.15) is 5.26 Å². The van der Waals surface area contributed by atoms with Crippen LogP contribution in [0.4, 0.5) is 5.82 Å². The van der Waals surface area contributed by atoms with E-state index >= 15 is 0 Å². The first-order valence-electron chi connectivity index (χ1n) is 6.03. The minimum Gasteiger partial charge on any atom is -0.496 e. The van der Waals surface area contributed by atoms with Gasteiger partial charge in [0, 0.05) is 11.8 Å². The van der Waals surface area contributed by atoms with Crippen molar-refractivity contribution < 1.29 is 4.74 Å². The highest BCUT2D eigenvalue weighted by Gasteiger charge is 2.16. The van der Waals surface area contributed by atoms with Gasteiger partial charge in [0.05, 0.1) is 7.11 Å². The first-order valence-corrected chi connectivity index (χ1v) is 6.03. The number of hydrogen-bond donors (Lipinski definition) is 2. The standard InChI is InChI=1S/C15H17N3O/c1-8-5-11(9(2)10(3)14(8)19-4)13-7-18-15(17)12(13)6-16/h5,7,18H,17H2,1-4H3. The van der Waals surface area contributed by atoms with Gasteiger partial charge >= 0.3 is 0 Å². The minimum absolute atomic E-state index is 0.406. The highest BCUT2D eigenvalue weighted by Crippen LogP contribution is 2.36. The molecule has 0 saturated carbocycles. The minimum atomic E-state index is 0.406. The van der Waals surface area contributed by atoms with Crippen LogP contribution in [0.1, 0.15) is 22.3 Å². The molecule has 1 aromatic carbocycles. The molecule has 0 fully saturated rings. The number of methoxy groups -OCH3 is 1. The Morgan fingerprint density at radius 1 is 1.21 bits per heavy atom. The van der Waals surface area contributed by atoms with Crippen LogP contribution in [0.2, 0.25) is 0 Å². The lowest BCUT2D eigenvalue weighted by Gasteiger charge is -2.15. The molecule has 0 unspecified atom stereocenters. The summed E-state index contributed by atoms with van der Waals surface area (Å²) < 4.78 is 5.41. The van der Waals surface area contributed by atoms with E-state index in [-0.39, 0.29) is 0 Å². The number of aromatic amines is 1. The average molecular weight is 255 g/mol. The maximum absolute atomic E-state index is 9.21. The number of aryl methyl sites for hydroxylation is 1. The molecule has 1 heterocycles. The molecule has 0 saturated heterocycles. The van der Waals surface area contributed by atoms with Gasteiger partial charge in [-0.05, 0) is 49.1 Å². The Kier molecular flexibility index (Phi) is 3.22. The van der Waals surface area contributed by atoms with Gasteiger partial charge in [-0.15, -0.1) is 0 Å². The Balaban J connectivity index is 2.74. The molecule has 3 N–H and O–H groups in total. The van der Waals surface area contributed by atoms with E-state index in [4.69, 9.17) is 10.5 Å². The zero-order chi connectivity index (χ0) is 14.2. The molecule has 0 radical (unpaired) electrons. The fraction of sp³-hybridized carbons (Fsp3) is 0.267. The molecule has 4 heteroatoms. The topological polar surface area (TPSA) is 74.8 Å². The molecule has 2 rings (SSSR count). The lowest BCUT2D eigenvalue weighted by Crippen LogP contribution is -1.97. The van der Waals surface area contributed by atoms with Crippen LogP contribution in [-0.2, 0) is 0 Å². The van der Waals surface area contributed by atoms with Gasteiger partial charge in [-0.3, -0.25) is 0 Å². The van der Waals surface area contributed by atoms with E-state index in [0.717, 1.165) is 33.6 Å². The lowest BCUT2D eigenvalue weighted by molar-refractivity contribution is 0.408. The molecule has 2 aromatic rings. The molecule has 1 aromatic heterocycles. The molecular weight excluding hydrogens is 238 g/mol. The monoisotopic (exact) mass is 255 g/mol. The molecular formula is C15H17N3O. The van der Waals surface area contributed by atoms with Crippen molar-refractivity contribution in [1.29, 1.82) is 5.26 Å². The fourth-order valence-corrected chi connectivity index (χ4v) is 2.42. The quantitative estimate of drug-likeness (QED) is 0.866. The Hall–Kier alpha value is -2.41. The summed E-state index contributed by atoms with van der Waals surface area (Å²) >= 11 is 0. The Labute approximate surface area is 112 Å². The van der Waals surface area contributed by atoms with Crippen LogP contribution >= 0.6 is 0 Å². The number of aromatic nitrogens is 1. The number of H-pyrrole nitrogens is 1. The highest BCUT2D eigenvalue weighted by molar-refractivity contribution is 5.80. The number of rotatable bonds is 2. The SMILES string of the molecule is COc1c(C)cc(-c2c[nH]c(N)c2C#N)c(C)c1C. The Morgan fingerprint density at radius 2 is 1.89 bits per heavy atom. The third-order valence-electron chi connectivity index (χ3n) is 3.54. The second kappa shape index (κ2) is 4.69. The van der Waals surface area contributed by atoms with E-state index < -0.39 is 0 Å². The summed E-state index contributed by atoms with van der Waals surface area (Å²) in [5.74, 6) is 1.30. The number of hydrogen-bond acceptors (Lipinski definition) is 3. The number of ether oxygens (including phenoxy) is 1. The van der Waals surface area contributed by atoms with Crippen molar-refractivity contribution >= 4 is 5.82 Å². The van der Waals surface area contributed by atoms with Gasteiger partial charge in [0.15, 0.2) is 0 Å². The molecule has 0 aliphatic rings. The normalized spacial score (nSPS) is 10.3. The number of nitrogens with two attached hydrogens (primary N) is 1. The molecule has 0 aliphatic heterocycles. The van der Waals surface area contributed by atoms with Gasteiger partial charge < -0.3 is 15.5 Å². The van der Waals surface area contributed by atoms with E-state index in [2.05, 4.69) is 11.1 Å². The number of benzene rings is 1. The lowest BCUT2D eigenvalue weighted by atomic mass is 9.93. The van der Waals surface area contributed by atoms with E-state index in [1.165, 1.54) is 0 Å². The van der Waals surface area contributed by atoms with Crippen LogP contribution in [-0.4, -0.2) is 12.1 Å². The largest absolute Gasteiger partial charge is 0.496 e.